The summed E-state index contributed by atoms with van der Waals surface area (Å²) >= 11 is 2.19. The minimum Gasteiger partial charge on any atom is -0.488 e. The summed E-state index contributed by atoms with van der Waals surface area (Å²) in [6, 6.07) is 20.2. The van der Waals surface area contributed by atoms with Crippen molar-refractivity contribution in [3.8, 4) is 5.75 Å². The molecule has 0 heterocycles. The molecule has 7 heteroatoms. The zero-order chi connectivity index (χ0) is 20.0. The average molecular weight is 496 g/mol. The smallest absolute Gasteiger partial charge is 0.416 e. The summed E-state index contributed by atoms with van der Waals surface area (Å²) in [5, 5.41) is 4.07. The highest BCUT2D eigenvalue weighted by molar-refractivity contribution is 14.1. The Hall–Kier alpha value is -2.55. The number of rotatable bonds is 6. The van der Waals surface area contributed by atoms with Crippen LogP contribution in [0.5, 0.6) is 5.75 Å². The first-order chi connectivity index (χ1) is 13.4. The molecule has 0 saturated heterocycles. The van der Waals surface area contributed by atoms with E-state index in [9.17, 15) is 13.2 Å². The van der Waals surface area contributed by atoms with E-state index >= 15 is 0 Å². The third-order valence-corrected chi connectivity index (χ3v) is 4.66. The predicted molar refractivity (Wildman–Crippen MR) is 113 cm³/mol. The molecule has 0 spiro atoms. The van der Waals surface area contributed by atoms with E-state index in [0.29, 0.717) is 12.3 Å². The first-order valence-electron chi connectivity index (χ1n) is 8.34. The van der Waals surface area contributed by atoms with Crippen molar-refractivity contribution in [2.24, 2.45) is 5.10 Å². The Morgan fingerprint density at radius 3 is 2.32 bits per heavy atom. The molecule has 3 nitrogen and oxygen atoms in total. The van der Waals surface area contributed by atoms with Gasteiger partial charge in [-0.2, -0.15) is 18.3 Å². The second-order valence-electron chi connectivity index (χ2n) is 5.91. The molecular formula is C21H16F3IN2O. The van der Waals surface area contributed by atoms with E-state index in [2.05, 4.69) is 33.1 Å². The van der Waals surface area contributed by atoms with Gasteiger partial charge in [-0.25, -0.2) is 0 Å². The molecule has 3 aromatic rings. The quantitative estimate of drug-likeness (QED) is 0.246. The van der Waals surface area contributed by atoms with Crippen molar-refractivity contribution in [3.05, 3.63) is 93.1 Å². The van der Waals surface area contributed by atoms with Gasteiger partial charge in [0.25, 0.3) is 0 Å². The van der Waals surface area contributed by atoms with Crippen molar-refractivity contribution in [1.29, 1.82) is 0 Å². The van der Waals surface area contributed by atoms with E-state index in [1.165, 1.54) is 12.1 Å². The highest BCUT2D eigenvalue weighted by Gasteiger charge is 2.29. The Kier molecular flexibility index (Phi) is 6.56. The Bertz CT molecular complexity index is 942. The molecule has 1 N–H and O–H groups in total. The van der Waals surface area contributed by atoms with E-state index in [4.69, 9.17) is 4.74 Å². The van der Waals surface area contributed by atoms with Crippen LogP contribution in [0.15, 0.2) is 77.9 Å². The van der Waals surface area contributed by atoms with Crippen LogP contribution in [0.2, 0.25) is 0 Å². The highest BCUT2D eigenvalue weighted by atomic mass is 127. The molecule has 0 radical (unpaired) electrons. The lowest BCUT2D eigenvalue weighted by atomic mass is 10.2. The van der Waals surface area contributed by atoms with Crippen molar-refractivity contribution in [2.45, 2.75) is 12.8 Å². The number of hydrazone groups is 1. The molecular weight excluding hydrogens is 480 g/mol. The molecule has 0 amide bonds. The fourth-order valence-corrected chi connectivity index (χ4v) is 3.06. The van der Waals surface area contributed by atoms with Crippen molar-refractivity contribution >= 4 is 34.5 Å². The van der Waals surface area contributed by atoms with Crippen LogP contribution in [0.25, 0.3) is 0 Å². The molecule has 0 atom stereocenters. The summed E-state index contributed by atoms with van der Waals surface area (Å²) in [7, 11) is 0. The summed E-state index contributed by atoms with van der Waals surface area (Å²) < 4.78 is 44.4. The minimum atomic E-state index is -4.34. The average Bonchev–Trinajstić information content (AvgIpc) is 2.68. The maximum Gasteiger partial charge on any atom is 0.416 e. The van der Waals surface area contributed by atoms with Gasteiger partial charge in [0.05, 0.1) is 21.0 Å². The van der Waals surface area contributed by atoms with E-state index in [1.54, 1.807) is 6.21 Å². The molecule has 144 valence electrons. The monoisotopic (exact) mass is 496 g/mol. The van der Waals surface area contributed by atoms with Gasteiger partial charge < -0.3 is 4.74 Å². The lowest BCUT2D eigenvalue weighted by Crippen LogP contribution is -2.04. The zero-order valence-corrected chi connectivity index (χ0v) is 16.7. The molecule has 0 bridgehead atoms. The molecule has 0 unspecified atom stereocenters. The van der Waals surface area contributed by atoms with Crippen LogP contribution in [0.1, 0.15) is 16.7 Å². The Morgan fingerprint density at radius 2 is 1.68 bits per heavy atom. The Balaban J connectivity index is 1.58. The number of alkyl halides is 3. The van der Waals surface area contributed by atoms with Crippen molar-refractivity contribution < 1.29 is 17.9 Å². The Morgan fingerprint density at radius 1 is 0.964 bits per heavy atom. The van der Waals surface area contributed by atoms with Crippen LogP contribution in [0.4, 0.5) is 18.9 Å². The fraction of sp³-hybridized carbons (Fsp3) is 0.0952. The summed E-state index contributed by atoms with van der Waals surface area (Å²) in [6.45, 7) is 0.486. The van der Waals surface area contributed by atoms with E-state index in [1.807, 2.05) is 48.5 Å². The third-order valence-electron chi connectivity index (χ3n) is 3.81. The summed E-state index contributed by atoms with van der Waals surface area (Å²) in [5.74, 6) is 0.775. The molecule has 3 rings (SSSR count). The van der Waals surface area contributed by atoms with E-state index in [0.717, 1.165) is 32.6 Å². The highest BCUT2D eigenvalue weighted by Crippen LogP contribution is 2.29. The second-order valence-corrected chi connectivity index (χ2v) is 7.07. The SMILES string of the molecule is FC(F)(F)c1ccc(N/N=C/c2ccc(OCc3ccccc3)c(I)c2)cc1. The normalized spacial score (nSPS) is 11.6. The van der Waals surface area contributed by atoms with Gasteiger partial charge in [0.15, 0.2) is 0 Å². The topological polar surface area (TPSA) is 33.6 Å². The first-order valence-corrected chi connectivity index (χ1v) is 9.42. The molecule has 0 aliphatic carbocycles. The lowest BCUT2D eigenvalue weighted by Gasteiger charge is -2.09. The first kappa shape index (κ1) is 20.2. The summed E-state index contributed by atoms with van der Waals surface area (Å²) in [5.41, 5.74) is 4.43. The molecule has 3 aromatic carbocycles. The maximum atomic E-state index is 12.6. The molecule has 0 aliphatic rings. The van der Waals surface area contributed by atoms with Crippen molar-refractivity contribution in [1.82, 2.24) is 0 Å². The van der Waals surface area contributed by atoms with Gasteiger partial charge in [-0.3, -0.25) is 5.43 Å². The van der Waals surface area contributed by atoms with Crippen LogP contribution in [-0.2, 0) is 12.8 Å². The molecule has 0 aliphatic heterocycles. The largest absolute Gasteiger partial charge is 0.488 e. The van der Waals surface area contributed by atoms with Crippen LogP contribution in [-0.4, -0.2) is 6.21 Å². The molecule has 0 aromatic heterocycles. The molecule has 28 heavy (non-hydrogen) atoms. The van der Waals surface area contributed by atoms with E-state index < -0.39 is 11.7 Å². The van der Waals surface area contributed by atoms with Crippen LogP contribution >= 0.6 is 22.6 Å². The van der Waals surface area contributed by atoms with Crippen LogP contribution in [0.3, 0.4) is 0 Å². The zero-order valence-electron chi connectivity index (χ0n) is 14.6. The summed E-state index contributed by atoms with van der Waals surface area (Å²) in [6.07, 6.45) is -2.75. The standard InChI is InChI=1S/C21H16F3IN2O/c22-21(23,24)17-7-9-18(10-8-17)27-26-13-16-6-11-20(19(25)12-16)28-14-15-4-2-1-3-5-15/h1-13,27H,14H2/b26-13+. The summed E-state index contributed by atoms with van der Waals surface area (Å²) in [4.78, 5) is 0. The number of benzene rings is 3. The maximum absolute atomic E-state index is 12.6. The number of nitrogens with zero attached hydrogens (tertiary/aromatic N) is 1. The van der Waals surface area contributed by atoms with Crippen molar-refractivity contribution in [2.75, 3.05) is 5.43 Å². The third kappa shape index (κ3) is 5.72. The minimum absolute atomic E-state index is 0.474. The predicted octanol–water partition coefficient (Wildman–Crippen LogP) is 6.34. The fourth-order valence-electron chi connectivity index (χ4n) is 2.36. The molecule has 0 saturated carbocycles. The van der Waals surface area contributed by atoms with Crippen molar-refractivity contribution in [3.63, 3.8) is 0 Å². The number of anilines is 1. The van der Waals surface area contributed by atoms with Gasteiger partial charge >= 0.3 is 6.18 Å². The second kappa shape index (κ2) is 9.09. The number of hydrogen-bond acceptors (Lipinski definition) is 3. The van der Waals surface area contributed by atoms with Crippen LogP contribution in [0, 0.1) is 3.57 Å². The van der Waals surface area contributed by atoms with Crippen LogP contribution < -0.4 is 10.2 Å². The number of nitrogens with one attached hydrogen (secondary N) is 1. The van der Waals surface area contributed by atoms with Gasteiger partial charge in [0.2, 0.25) is 0 Å². The molecule has 0 fully saturated rings. The van der Waals surface area contributed by atoms with Gasteiger partial charge in [0.1, 0.15) is 12.4 Å². The number of ether oxygens (including phenoxy) is 1. The number of halogens is 4. The van der Waals surface area contributed by atoms with Gasteiger partial charge in [-0.1, -0.05) is 30.3 Å². The lowest BCUT2D eigenvalue weighted by molar-refractivity contribution is -0.137. The van der Waals surface area contributed by atoms with Gasteiger partial charge in [-0.05, 0) is 76.2 Å². The van der Waals surface area contributed by atoms with Gasteiger partial charge in [0, 0.05) is 0 Å². The Labute approximate surface area is 174 Å². The number of hydrogen-bond donors (Lipinski definition) is 1. The van der Waals surface area contributed by atoms with Gasteiger partial charge in [-0.15, -0.1) is 0 Å². The van der Waals surface area contributed by atoms with E-state index in [-0.39, 0.29) is 0 Å².